The minimum atomic E-state index is -4.75. The highest BCUT2D eigenvalue weighted by Crippen LogP contribution is 2.43. The van der Waals surface area contributed by atoms with Crippen molar-refractivity contribution in [3.63, 3.8) is 0 Å². The van der Waals surface area contributed by atoms with E-state index in [-0.39, 0.29) is 12.8 Å². The van der Waals surface area contributed by atoms with E-state index in [1.54, 1.807) is 0 Å². The molecule has 0 aliphatic carbocycles. The summed E-state index contributed by atoms with van der Waals surface area (Å²) in [6.45, 7) is 2.51. The van der Waals surface area contributed by atoms with Gasteiger partial charge in [0, 0.05) is 12.8 Å². The zero-order valence-corrected chi connectivity index (χ0v) is 36.0. The Labute approximate surface area is 348 Å². The number of carbonyl (C=O) groups excluding carboxylic acids is 2. The zero-order chi connectivity index (χ0) is 42.8. The van der Waals surface area contributed by atoms with Crippen LogP contribution in [0.4, 0.5) is 0 Å². The standard InChI is InChI=1S/C46H72NO10P/c1-3-5-7-9-11-13-15-17-19-20-21-22-24-25-27-29-31-33-35-37-44(48)54-39-42(40-55-58(52,53)56-41-43(47)46(50)51)57-45(49)38-36-34-32-30-28-26-23-18-16-14-12-10-8-6-4-2/h6,8,11-14,17-19,21-23,25,27-28,30-31,33,42-43H,3-5,7,9-10,15-16,20,24,26,29,32,34-41,47H2,1-2H3,(H,50,51)(H,52,53)/b8-6-,13-11-,14-12-,19-17-,22-21-,23-18-,27-25-,30-28-,33-31-/t42-,43+/m1/s1. The number of aliphatic carboxylic acids is 1. The number of hydrogen-bond acceptors (Lipinski definition) is 9. The van der Waals surface area contributed by atoms with Crippen molar-refractivity contribution in [1.29, 1.82) is 0 Å². The van der Waals surface area contributed by atoms with E-state index in [0.717, 1.165) is 70.6 Å². The van der Waals surface area contributed by atoms with E-state index in [2.05, 4.69) is 116 Å². The predicted octanol–water partition coefficient (Wildman–Crippen LogP) is 11.1. The third-order valence-corrected chi connectivity index (χ3v) is 8.97. The van der Waals surface area contributed by atoms with Crippen molar-refractivity contribution in [2.75, 3.05) is 19.8 Å². The first-order chi connectivity index (χ1) is 28.1. The Kier molecular flexibility index (Phi) is 37.3. The third kappa shape index (κ3) is 39.0. The summed E-state index contributed by atoms with van der Waals surface area (Å²) in [5.74, 6) is -2.56. The molecule has 0 bridgehead atoms. The molecule has 0 radical (unpaired) electrons. The number of carboxylic acid groups (broad SMARTS) is 1. The van der Waals surface area contributed by atoms with Gasteiger partial charge in [0.25, 0.3) is 0 Å². The number of rotatable bonds is 37. The molecule has 0 saturated carbocycles. The topological polar surface area (TPSA) is 172 Å². The molecule has 12 heteroatoms. The molecule has 0 fully saturated rings. The lowest BCUT2D eigenvalue weighted by Crippen LogP contribution is -2.34. The van der Waals surface area contributed by atoms with Gasteiger partial charge < -0.3 is 25.2 Å². The Balaban J connectivity index is 4.60. The van der Waals surface area contributed by atoms with E-state index in [1.165, 1.54) is 19.3 Å². The van der Waals surface area contributed by atoms with Crippen LogP contribution >= 0.6 is 7.82 Å². The number of unbranched alkanes of at least 4 members (excludes halogenated alkanes) is 5. The monoisotopic (exact) mass is 829 g/mol. The summed E-state index contributed by atoms with van der Waals surface area (Å²) in [5.41, 5.74) is 5.32. The van der Waals surface area contributed by atoms with Crippen molar-refractivity contribution < 1.29 is 47.5 Å². The third-order valence-electron chi connectivity index (χ3n) is 8.02. The van der Waals surface area contributed by atoms with E-state index in [0.29, 0.717) is 12.8 Å². The summed E-state index contributed by atoms with van der Waals surface area (Å²) in [5, 5.41) is 8.88. The highest BCUT2D eigenvalue weighted by Gasteiger charge is 2.28. The fraction of sp³-hybridized carbons (Fsp3) is 0.543. The molecule has 0 heterocycles. The number of carboxylic acids is 1. The fourth-order valence-electron chi connectivity index (χ4n) is 4.74. The van der Waals surface area contributed by atoms with Crippen LogP contribution in [0.3, 0.4) is 0 Å². The predicted molar refractivity (Wildman–Crippen MR) is 235 cm³/mol. The van der Waals surface area contributed by atoms with Gasteiger partial charge in [0.2, 0.25) is 0 Å². The van der Waals surface area contributed by atoms with Crippen molar-refractivity contribution in [2.24, 2.45) is 5.73 Å². The van der Waals surface area contributed by atoms with Crippen LogP contribution < -0.4 is 5.73 Å². The highest BCUT2D eigenvalue weighted by atomic mass is 31.2. The Hall–Kier alpha value is -3.86. The van der Waals surface area contributed by atoms with E-state index in [1.807, 2.05) is 12.2 Å². The number of allylic oxidation sites excluding steroid dienone is 18. The average Bonchev–Trinajstić information content (AvgIpc) is 3.20. The van der Waals surface area contributed by atoms with Gasteiger partial charge in [-0.2, -0.15) is 0 Å². The molecule has 1 unspecified atom stereocenters. The average molecular weight is 830 g/mol. The normalized spacial score (nSPS) is 14.8. The van der Waals surface area contributed by atoms with Crippen LogP contribution in [-0.4, -0.2) is 59.9 Å². The van der Waals surface area contributed by atoms with E-state index in [9.17, 15) is 23.8 Å². The van der Waals surface area contributed by atoms with Gasteiger partial charge in [0.05, 0.1) is 13.2 Å². The SMILES string of the molecule is CC/C=C\C/C=C\C/C=C\C/C=C\CCCCC(=O)O[C@H](COC(=O)CC/C=C\C/C=C\C/C=C\C/C=C\C/C=C\CCCCC)COP(=O)(O)OC[C@H](N)C(=O)O. The van der Waals surface area contributed by atoms with Gasteiger partial charge in [-0.3, -0.25) is 23.4 Å². The summed E-state index contributed by atoms with van der Waals surface area (Å²) >= 11 is 0. The fourth-order valence-corrected chi connectivity index (χ4v) is 5.52. The molecule has 0 aromatic carbocycles. The first kappa shape index (κ1) is 54.1. The lowest BCUT2D eigenvalue weighted by atomic mass is 10.2. The van der Waals surface area contributed by atoms with Crippen LogP contribution in [0.15, 0.2) is 109 Å². The number of phosphoric acid groups is 1. The minimum Gasteiger partial charge on any atom is -0.480 e. The van der Waals surface area contributed by atoms with Gasteiger partial charge in [-0.05, 0) is 89.9 Å². The van der Waals surface area contributed by atoms with Gasteiger partial charge >= 0.3 is 25.7 Å². The molecule has 0 rings (SSSR count). The first-order valence-corrected chi connectivity index (χ1v) is 22.4. The Bertz CT molecular complexity index is 1390. The number of esters is 2. The van der Waals surface area contributed by atoms with Gasteiger partial charge in [-0.25, -0.2) is 4.57 Å². The van der Waals surface area contributed by atoms with Crippen LogP contribution in [0.5, 0.6) is 0 Å². The highest BCUT2D eigenvalue weighted by molar-refractivity contribution is 7.47. The molecule has 0 amide bonds. The van der Waals surface area contributed by atoms with Crippen LogP contribution in [0.1, 0.15) is 129 Å². The Morgan fingerprint density at radius 2 is 0.983 bits per heavy atom. The molecule has 11 nitrogen and oxygen atoms in total. The maximum atomic E-state index is 12.6. The van der Waals surface area contributed by atoms with E-state index >= 15 is 0 Å². The quantitative estimate of drug-likeness (QED) is 0.0235. The maximum absolute atomic E-state index is 12.6. The smallest absolute Gasteiger partial charge is 0.472 e. The van der Waals surface area contributed by atoms with Gasteiger partial charge in [-0.1, -0.05) is 136 Å². The molecule has 0 aromatic rings. The summed E-state index contributed by atoms with van der Waals surface area (Å²) in [7, 11) is -4.75. The van der Waals surface area contributed by atoms with Crippen molar-refractivity contribution in [1.82, 2.24) is 0 Å². The van der Waals surface area contributed by atoms with Crippen molar-refractivity contribution >= 4 is 25.7 Å². The van der Waals surface area contributed by atoms with Gasteiger partial charge in [0.15, 0.2) is 6.10 Å². The summed E-state index contributed by atoms with van der Waals surface area (Å²) < 4.78 is 32.5. The summed E-state index contributed by atoms with van der Waals surface area (Å²) in [4.78, 5) is 45.9. The Morgan fingerprint density at radius 1 is 0.552 bits per heavy atom. The summed E-state index contributed by atoms with van der Waals surface area (Å²) in [6, 6.07) is -1.54. The molecule has 0 aliphatic rings. The van der Waals surface area contributed by atoms with Crippen LogP contribution in [0, 0.1) is 0 Å². The van der Waals surface area contributed by atoms with Gasteiger partial charge in [-0.15, -0.1) is 0 Å². The van der Waals surface area contributed by atoms with Crippen LogP contribution in [0.2, 0.25) is 0 Å². The number of nitrogens with two attached hydrogens (primary N) is 1. The Morgan fingerprint density at radius 3 is 1.45 bits per heavy atom. The lowest BCUT2D eigenvalue weighted by Gasteiger charge is -2.20. The second-order valence-electron chi connectivity index (χ2n) is 13.4. The molecule has 0 aliphatic heterocycles. The van der Waals surface area contributed by atoms with Crippen molar-refractivity contribution in [2.45, 2.75) is 142 Å². The van der Waals surface area contributed by atoms with Crippen LogP contribution in [-0.2, 0) is 37.5 Å². The molecule has 0 spiro atoms. The zero-order valence-electron chi connectivity index (χ0n) is 35.1. The molecule has 326 valence electrons. The van der Waals surface area contributed by atoms with Gasteiger partial charge in [0.1, 0.15) is 12.6 Å². The number of hydrogen-bond donors (Lipinski definition) is 3. The number of carbonyl (C=O) groups is 3. The largest absolute Gasteiger partial charge is 0.480 e. The lowest BCUT2D eigenvalue weighted by molar-refractivity contribution is -0.161. The van der Waals surface area contributed by atoms with Crippen molar-refractivity contribution in [3.05, 3.63) is 109 Å². The molecular weight excluding hydrogens is 757 g/mol. The molecule has 0 saturated heterocycles. The van der Waals surface area contributed by atoms with Crippen LogP contribution in [0.25, 0.3) is 0 Å². The van der Waals surface area contributed by atoms with E-state index in [4.69, 9.17) is 24.8 Å². The molecular formula is C46H72NO10P. The maximum Gasteiger partial charge on any atom is 0.472 e. The second-order valence-corrected chi connectivity index (χ2v) is 14.8. The molecule has 58 heavy (non-hydrogen) atoms. The first-order valence-electron chi connectivity index (χ1n) is 20.9. The van der Waals surface area contributed by atoms with Crippen molar-refractivity contribution in [3.8, 4) is 0 Å². The number of phosphoric ester groups is 1. The minimum absolute atomic E-state index is 0.0820. The summed E-state index contributed by atoms with van der Waals surface area (Å²) in [6.07, 6.45) is 51.7. The number of ether oxygens (including phenoxy) is 2. The second kappa shape index (κ2) is 39.9. The van der Waals surface area contributed by atoms with E-state index < -0.39 is 57.7 Å². The molecule has 0 aromatic heterocycles. The molecule has 3 atom stereocenters. The molecule has 4 N–H and O–H groups in total.